The summed E-state index contributed by atoms with van der Waals surface area (Å²) in [6.07, 6.45) is 0.698. The quantitative estimate of drug-likeness (QED) is 0.716. The predicted molar refractivity (Wildman–Crippen MR) is 73.5 cm³/mol. The zero-order chi connectivity index (χ0) is 14.4. The molecule has 0 aliphatic rings. The summed E-state index contributed by atoms with van der Waals surface area (Å²) in [7, 11) is 0. The van der Waals surface area contributed by atoms with E-state index in [-0.39, 0.29) is 18.4 Å². The van der Waals surface area contributed by atoms with Crippen molar-refractivity contribution in [2.75, 3.05) is 6.61 Å². The van der Waals surface area contributed by atoms with Crippen molar-refractivity contribution < 1.29 is 19.4 Å². The summed E-state index contributed by atoms with van der Waals surface area (Å²) in [4.78, 5) is 10.7. The molecule has 0 aliphatic carbocycles. The normalized spacial score (nSPS) is 12.2. The fraction of sp³-hybridized carbons (Fsp3) is 0.267. The molecule has 5 heteroatoms. The van der Waals surface area contributed by atoms with Gasteiger partial charge in [0, 0.05) is 6.04 Å². The molecule has 0 saturated carbocycles. The molecule has 0 radical (unpaired) electrons. The minimum atomic E-state index is -1.08. The highest BCUT2D eigenvalue weighted by Crippen LogP contribution is 2.09. The maximum absolute atomic E-state index is 10.7. The van der Waals surface area contributed by atoms with E-state index in [0.717, 1.165) is 5.56 Å². The number of carboxylic acids is 1. The molecule has 5 nitrogen and oxygen atoms in total. The summed E-state index contributed by atoms with van der Waals surface area (Å²) in [5.74, 6) is -0.626. The first-order chi connectivity index (χ1) is 9.69. The third-order valence-corrected chi connectivity index (χ3v) is 2.98. The Morgan fingerprint density at radius 1 is 1.20 bits per heavy atom. The zero-order valence-corrected chi connectivity index (χ0v) is 11.0. The number of carboxylic acid groups (broad SMARTS) is 1. The molecule has 2 aromatic rings. The van der Waals surface area contributed by atoms with Crippen LogP contribution in [0.2, 0.25) is 0 Å². The van der Waals surface area contributed by atoms with Crippen molar-refractivity contribution in [3.63, 3.8) is 0 Å². The van der Waals surface area contributed by atoms with Crippen LogP contribution in [0, 0.1) is 0 Å². The monoisotopic (exact) mass is 275 g/mol. The van der Waals surface area contributed by atoms with E-state index in [1.54, 1.807) is 6.07 Å². The van der Waals surface area contributed by atoms with Gasteiger partial charge in [-0.1, -0.05) is 30.3 Å². The van der Waals surface area contributed by atoms with E-state index in [0.29, 0.717) is 18.7 Å². The van der Waals surface area contributed by atoms with Gasteiger partial charge in [-0.25, -0.2) is 4.79 Å². The molecule has 0 fully saturated rings. The van der Waals surface area contributed by atoms with Crippen molar-refractivity contribution >= 4 is 5.97 Å². The smallest absolute Gasteiger partial charge is 0.371 e. The summed E-state index contributed by atoms with van der Waals surface area (Å²) in [5.41, 5.74) is 1.13. The number of aliphatic hydroxyl groups excluding tert-OH is 1. The maximum Gasteiger partial charge on any atom is 0.371 e. The number of hydrogen-bond acceptors (Lipinski definition) is 4. The molecule has 0 bridgehead atoms. The predicted octanol–water partition coefficient (Wildman–Crippen LogP) is 1.67. The van der Waals surface area contributed by atoms with Crippen LogP contribution in [0.5, 0.6) is 0 Å². The van der Waals surface area contributed by atoms with Crippen LogP contribution in [-0.4, -0.2) is 28.8 Å². The second-order valence-corrected chi connectivity index (χ2v) is 4.52. The van der Waals surface area contributed by atoms with Gasteiger partial charge in [-0.15, -0.1) is 0 Å². The number of hydrogen-bond donors (Lipinski definition) is 3. The maximum atomic E-state index is 10.7. The molecule has 1 unspecified atom stereocenters. The average molecular weight is 275 g/mol. The van der Waals surface area contributed by atoms with Gasteiger partial charge in [0.25, 0.3) is 0 Å². The highest BCUT2D eigenvalue weighted by atomic mass is 16.4. The lowest BCUT2D eigenvalue weighted by atomic mass is 10.1. The van der Waals surface area contributed by atoms with Crippen molar-refractivity contribution in [1.82, 2.24) is 5.32 Å². The van der Waals surface area contributed by atoms with Crippen molar-refractivity contribution in [2.45, 2.75) is 19.0 Å². The zero-order valence-electron chi connectivity index (χ0n) is 11.0. The number of carbonyl (C=O) groups is 1. The van der Waals surface area contributed by atoms with Crippen molar-refractivity contribution in [1.29, 1.82) is 0 Å². The third-order valence-electron chi connectivity index (χ3n) is 2.98. The van der Waals surface area contributed by atoms with E-state index in [2.05, 4.69) is 5.32 Å². The standard InChI is InChI=1S/C15H17NO4/c17-10-12(8-11-4-2-1-3-5-11)16-9-13-6-7-14(20-13)15(18)19/h1-7,12,16-17H,8-10H2,(H,18,19). The molecule has 1 heterocycles. The van der Waals surface area contributed by atoms with E-state index in [1.807, 2.05) is 30.3 Å². The molecule has 0 saturated heterocycles. The Morgan fingerprint density at radius 2 is 1.95 bits per heavy atom. The first kappa shape index (κ1) is 14.3. The first-order valence-corrected chi connectivity index (χ1v) is 6.39. The van der Waals surface area contributed by atoms with E-state index < -0.39 is 5.97 Å². The second kappa shape index (κ2) is 6.88. The highest BCUT2D eigenvalue weighted by molar-refractivity contribution is 5.84. The number of rotatable bonds is 7. The fourth-order valence-electron chi connectivity index (χ4n) is 1.93. The van der Waals surface area contributed by atoms with E-state index in [9.17, 15) is 9.90 Å². The molecule has 1 aromatic carbocycles. The highest BCUT2D eigenvalue weighted by Gasteiger charge is 2.11. The fourth-order valence-corrected chi connectivity index (χ4v) is 1.93. The first-order valence-electron chi connectivity index (χ1n) is 6.39. The van der Waals surface area contributed by atoms with Gasteiger partial charge in [0.2, 0.25) is 5.76 Å². The van der Waals surface area contributed by atoms with Crippen LogP contribution in [0.25, 0.3) is 0 Å². The van der Waals surface area contributed by atoms with Crippen LogP contribution in [0.1, 0.15) is 21.9 Å². The summed E-state index contributed by atoms with van der Waals surface area (Å²) >= 11 is 0. The Kier molecular flexibility index (Phi) is 4.92. The molecule has 2 rings (SSSR count). The van der Waals surface area contributed by atoms with Crippen LogP contribution in [0.15, 0.2) is 46.9 Å². The van der Waals surface area contributed by atoms with Crippen LogP contribution < -0.4 is 5.32 Å². The lowest BCUT2D eigenvalue weighted by Gasteiger charge is -2.15. The van der Waals surface area contributed by atoms with Crippen LogP contribution >= 0.6 is 0 Å². The Balaban J connectivity index is 1.88. The van der Waals surface area contributed by atoms with Crippen molar-refractivity contribution in [3.8, 4) is 0 Å². The summed E-state index contributed by atoms with van der Waals surface area (Å²) in [5, 5.41) is 21.3. The summed E-state index contributed by atoms with van der Waals surface area (Å²) < 4.78 is 5.15. The molecule has 0 amide bonds. The Labute approximate surface area is 116 Å². The van der Waals surface area contributed by atoms with Crippen molar-refractivity contribution in [3.05, 3.63) is 59.5 Å². The van der Waals surface area contributed by atoms with Gasteiger partial charge >= 0.3 is 5.97 Å². The Hall–Kier alpha value is -2.11. The van der Waals surface area contributed by atoms with Gasteiger partial charge in [0.15, 0.2) is 0 Å². The molecule has 1 aromatic heterocycles. The molecule has 0 spiro atoms. The number of aromatic carboxylic acids is 1. The largest absolute Gasteiger partial charge is 0.475 e. The van der Waals surface area contributed by atoms with Gasteiger partial charge in [0.05, 0.1) is 13.2 Å². The van der Waals surface area contributed by atoms with Gasteiger partial charge in [-0.2, -0.15) is 0 Å². The lowest BCUT2D eigenvalue weighted by Crippen LogP contribution is -2.33. The van der Waals surface area contributed by atoms with E-state index >= 15 is 0 Å². The average Bonchev–Trinajstić information content (AvgIpc) is 2.93. The lowest BCUT2D eigenvalue weighted by molar-refractivity contribution is 0.0660. The molecular weight excluding hydrogens is 258 g/mol. The minimum absolute atomic E-state index is 0.00138. The molecule has 20 heavy (non-hydrogen) atoms. The summed E-state index contributed by atoms with van der Waals surface area (Å²) in [6.45, 7) is 0.382. The topological polar surface area (TPSA) is 82.7 Å². The van der Waals surface area contributed by atoms with Gasteiger partial charge in [-0.05, 0) is 24.1 Å². The third kappa shape index (κ3) is 3.94. The van der Waals surface area contributed by atoms with Crippen LogP contribution in [0.4, 0.5) is 0 Å². The molecule has 0 aliphatic heterocycles. The second-order valence-electron chi connectivity index (χ2n) is 4.52. The number of aliphatic hydroxyl groups is 1. The van der Waals surface area contributed by atoms with Gasteiger partial charge in [0.1, 0.15) is 5.76 Å². The molecule has 3 N–H and O–H groups in total. The van der Waals surface area contributed by atoms with E-state index in [1.165, 1.54) is 6.07 Å². The van der Waals surface area contributed by atoms with Gasteiger partial charge in [-0.3, -0.25) is 0 Å². The van der Waals surface area contributed by atoms with Gasteiger partial charge < -0.3 is 19.9 Å². The van der Waals surface area contributed by atoms with Crippen molar-refractivity contribution in [2.24, 2.45) is 0 Å². The summed E-state index contributed by atoms with van der Waals surface area (Å²) in [6, 6.07) is 12.8. The number of nitrogens with one attached hydrogen (secondary N) is 1. The number of benzene rings is 1. The Morgan fingerprint density at radius 3 is 2.55 bits per heavy atom. The van der Waals surface area contributed by atoms with Crippen LogP contribution in [-0.2, 0) is 13.0 Å². The number of furan rings is 1. The Bertz CT molecular complexity index is 550. The minimum Gasteiger partial charge on any atom is -0.475 e. The molecular formula is C15H17NO4. The molecule has 106 valence electrons. The molecule has 1 atom stereocenters. The van der Waals surface area contributed by atoms with Crippen LogP contribution in [0.3, 0.4) is 0 Å². The van der Waals surface area contributed by atoms with E-state index in [4.69, 9.17) is 9.52 Å². The SMILES string of the molecule is O=C(O)c1ccc(CNC(CO)Cc2ccccc2)o1.